The molecule has 10 heteroatoms. The van der Waals surface area contributed by atoms with Crippen molar-refractivity contribution in [3.8, 4) is 5.75 Å². The number of hydrogen-bond acceptors (Lipinski definition) is 6. The van der Waals surface area contributed by atoms with Gasteiger partial charge in [-0.05, 0) is 82.9 Å². The topological polar surface area (TPSA) is 111 Å². The molecule has 2 aliphatic heterocycles. The lowest BCUT2D eigenvalue weighted by molar-refractivity contribution is -0.146. The van der Waals surface area contributed by atoms with Crippen LogP contribution < -0.4 is 15.4 Å². The second-order valence-electron chi connectivity index (χ2n) is 13.4. The summed E-state index contributed by atoms with van der Waals surface area (Å²) in [5.41, 5.74) is 0.113. The molecule has 1 aromatic rings. The van der Waals surface area contributed by atoms with E-state index >= 15 is 0 Å². The zero-order valence-corrected chi connectivity index (χ0v) is 25.6. The van der Waals surface area contributed by atoms with Crippen LogP contribution >= 0.6 is 0 Å². The number of likely N-dealkylation sites (tertiary alicyclic amines) is 1. The number of piperazine rings is 1. The molecule has 0 aromatic heterocycles. The lowest BCUT2D eigenvalue weighted by atomic mass is 10.0. The van der Waals surface area contributed by atoms with Crippen molar-refractivity contribution in [2.75, 3.05) is 39.8 Å². The van der Waals surface area contributed by atoms with Gasteiger partial charge in [0.2, 0.25) is 11.8 Å². The van der Waals surface area contributed by atoms with Crippen LogP contribution in [-0.4, -0.2) is 102 Å². The van der Waals surface area contributed by atoms with Crippen LogP contribution in [0.2, 0.25) is 0 Å². The van der Waals surface area contributed by atoms with E-state index in [2.05, 4.69) is 22.6 Å². The van der Waals surface area contributed by atoms with Crippen molar-refractivity contribution in [3.05, 3.63) is 29.8 Å². The van der Waals surface area contributed by atoms with E-state index in [1.54, 1.807) is 29.2 Å². The van der Waals surface area contributed by atoms with E-state index in [0.29, 0.717) is 37.9 Å². The molecule has 4 amide bonds. The number of rotatable bonds is 11. The van der Waals surface area contributed by atoms with Gasteiger partial charge >= 0.3 is 0 Å². The molecule has 2 heterocycles. The summed E-state index contributed by atoms with van der Waals surface area (Å²) in [6, 6.07) is 5.89. The van der Waals surface area contributed by atoms with Crippen LogP contribution in [-0.2, 0) is 14.4 Å². The van der Waals surface area contributed by atoms with Gasteiger partial charge in [-0.3, -0.25) is 24.1 Å². The molecule has 4 fully saturated rings. The van der Waals surface area contributed by atoms with Gasteiger partial charge in [-0.2, -0.15) is 0 Å². The Kier molecular flexibility index (Phi) is 9.11. The molecule has 4 aliphatic rings. The standard InChI is InChI=1S/C32H47N5O5/c1-21(2)18-24(33-29(39)23-8-5-6-10-27(23)42-20-28(38)34-32(3)13-14-32)30(40)37-15-7-9-25(37)31(41)36-17-16-35(4)26(19-36)22-11-12-22/h5-6,8,10,21-22,24-26H,7,9,11-20H2,1-4H3,(H,33,39)(H,34,38)/t24-,25-,26-/m1/s1. The molecule has 0 spiro atoms. The van der Waals surface area contributed by atoms with Crippen molar-refractivity contribution < 1.29 is 23.9 Å². The monoisotopic (exact) mass is 581 g/mol. The maximum atomic E-state index is 14.0. The molecule has 10 nitrogen and oxygen atoms in total. The summed E-state index contributed by atoms with van der Waals surface area (Å²) in [6.45, 7) is 8.58. The first-order valence-electron chi connectivity index (χ1n) is 15.7. The SMILES string of the molecule is CC(C)C[C@@H](NC(=O)c1ccccc1OCC(=O)NC1(C)CC1)C(=O)N1CCC[C@@H]1C(=O)N1CCN(C)[C@@H](C2CC2)C1. The maximum Gasteiger partial charge on any atom is 0.258 e. The van der Waals surface area contributed by atoms with Crippen molar-refractivity contribution in [3.63, 3.8) is 0 Å². The van der Waals surface area contributed by atoms with Crippen LogP contribution in [0.1, 0.15) is 76.1 Å². The predicted octanol–water partition coefficient (Wildman–Crippen LogP) is 2.42. The van der Waals surface area contributed by atoms with Gasteiger partial charge in [0, 0.05) is 37.8 Å². The third-order valence-corrected chi connectivity index (χ3v) is 9.24. The van der Waals surface area contributed by atoms with Crippen LogP contribution in [0.5, 0.6) is 5.75 Å². The third kappa shape index (κ3) is 7.25. The highest BCUT2D eigenvalue weighted by molar-refractivity contribution is 6.00. The van der Waals surface area contributed by atoms with Crippen molar-refractivity contribution in [2.24, 2.45) is 11.8 Å². The highest BCUT2D eigenvalue weighted by atomic mass is 16.5. The molecular formula is C32H47N5O5. The van der Waals surface area contributed by atoms with Gasteiger partial charge in [0.15, 0.2) is 6.61 Å². The Labute approximate surface area is 249 Å². The summed E-state index contributed by atoms with van der Waals surface area (Å²) in [4.78, 5) is 59.6. The fourth-order valence-electron chi connectivity index (χ4n) is 6.33. The molecule has 42 heavy (non-hydrogen) atoms. The Balaban J connectivity index is 1.24. The summed E-state index contributed by atoms with van der Waals surface area (Å²) in [5, 5.41) is 5.90. The van der Waals surface area contributed by atoms with Gasteiger partial charge in [0.1, 0.15) is 17.8 Å². The molecule has 2 saturated heterocycles. The first-order valence-corrected chi connectivity index (χ1v) is 15.7. The Morgan fingerprint density at radius 1 is 1.05 bits per heavy atom. The summed E-state index contributed by atoms with van der Waals surface area (Å²) in [6.07, 6.45) is 6.20. The molecule has 2 aliphatic carbocycles. The Hall–Kier alpha value is -3.14. The number of benzene rings is 1. The normalized spacial score (nSPS) is 24.3. The number of carbonyl (C=O) groups excluding carboxylic acids is 4. The molecule has 0 bridgehead atoms. The van der Waals surface area contributed by atoms with E-state index in [9.17, 15) is 19.2 Å². The number of ether oxygens (including phenoxy) is 1. The Bertz CT molecular complexity index is 1180. The van der Waals surface area contributed by atoms with Gasteiger partial charge in [-0.1, -0.05) is 26.0 Å². The predicted molar refractivity (Wildman–Crippen MR) is 159 cm³/mol. The fraction of sp³-hybridized carbons (Fsp3) is 0.688. The molecule has 2 saturated carbocycles. The number of carbonyl (C=O) groups is 4. The summed E-state index contributed by atoms with van der Waals surface area (Å²) in [7, 11) is 2.14. The number of para-hydroxylation sites is 1. The van der Waals surface area contributed by atoms with E-state index in [0.717, 1.165) is 32.4 Å². The Morgan fingerprint density at radius 2 is 1.79 bits per heavy atom. The molecule has 5 rings (SSSR count). The first kappa shape index (κ1) is 30.3. The van der Waals surface area contributed by atoms with Crippen LogP contribution in [0.15, 0.2) is 24.3 Å². The van der Waals surface area contributed by atoms with E-state index in [-0.39, 0.29) is 47.1 Å². The minimum atomic E-state index is -0.774. The Morgan fingerprint density at radius 3 is 2.48 bits per heavy atom. The van der Waals surface area contributed by atoms with Crippen LogP contribution in [0.4, 0.5) is 0 Å². The molecule has 0 unspecified atom stereocenters. The minimum absolute atomic E-state index is 0.0336. The highest BCUT2D eigenvalue weighted by Gasteiger charge is 2.43. The van der Waals surface area contributed by atoms with Crippen molar-refractivity contribution in [1.29, 1.82) is 0 Å². The van der Waals surface area contributed by atoms with Gasteiger partial charge in [0.25, 0.3) is 11.8 Å². The van der Waals surface area contributed by atoms with Gasteiger partial charge in [-0.15, -0.1) is 0 Å². The zero-order chi connectivity index (χ0) is 30.0. The smallest absolute Gasteiger partial charge is 0.258 e. The molecule has 3 atom stereocenters. The van der Waals surface area contributed by atoms with E-state index in [1.807, 2.05) is 25.7 Å². The molecule has 2 N–H and O–H groups in total. The van der Waals surface area contributed by atoms with E-state index in [4.69, 9.17) is 4.74 Å². The number of nitrogens with zero attached hydrogens (tertiary/aromatic N) is 3. The van der Waals surface area contributed by atoms with Crippen molar-refractivity contribution in [1.82, 2.24) is 25.3 Å². The number of amides is 4. The number of nitrogens with one attached hydrogen (secondary N) is 2. The van der Waals surface area contributed by atoms with Crippen molar-refractivity contribution in [2.45, 2.75) is 89.4 Å². The maximum absolute atomic E-state index is 14.0. The fourth-order valence-corrected chi connectivity index (χ4v) is 6.33. The highest BCUT2D eigenvalue weighted by Crippen LogP contribution is 2.37. The lowest BCUT2D eigenvalue weighted by Gasteiger charge is -2.41. The minimum Gasteiger partial charge on any atom is -0.483 e. The largest absolute Gasteiger partial charge is 0.483 e. The third-order valence-electron chi connectivity index (χ3n) is 9.24. The molecule has 0 radical (unpaired) electrons. The second kappa shape index (κ2) is 12.6. The zero-order valence-electron chi connectivity index (χ0n) is 25.6. The first-order chi connectivity index (χ1) is 20.0. The van der Waals surface area contributed by atoms with Gasteiger partial charge < -0.3 is 25.2 Å². The number of likely N-dealkylation sites (N-methyl/N-ethyl adjacent to an activating group) is 1. The summed E-state index contributed by atoms with van der Waals surface area (Å²) in [5.74, 6) is 0.255. The summed E-state index contributed by atoms with van der Waals surface area (Å²) < 4.78 is 5.75. The van der Waals surface area contributed by atoms with Crippen LogP contribution in [0.25, 0.3) is 0 Å². The number of hydrogen-bond donors (Lipinski definition) is 2. The van der Waals surface area contributed by atoms with Crippen LogP contribution in [0, 0.1) is 11.8 Å². The van der Waals surface area contributed by atoms with Gasteiger partial charge in [0.05, 0.1) is 5.56 Å². The van der Waals surface area contributed by atoms with E-state index in [1.165, 1.54) is 12.8 Å². The van der Waals surface area contributed by atoms with Gasteiger partial charge in [-0.25, -0.2) is 0 Å². The second-order valence-corrected chi connectivity index (χ2v) is 13.4. The average Bonchev–Trinajstić information content (AvgIpc) is 3.88. The summed E-state index contributed by atoms with van der Waals surface area (Å²) >= 11 is 0. The quantitative estimate of drug-likeness (QED) is 0.415. The van der Waals surface area contributed by atoms with E-state index < -0.39 is 18.0 Å². The molecule has 230 valence electrons. The molecule has 1 aromatic carbocycles. The lowest BCUT2D eigenvalue weighted by Crippen LogP contribution is -2.59. The van der Waals surface area contributed by atoms with Crippen molar-refractivity contribution >= 4 is 23.6 Å². The molecular weight excluding hydrogens is 534 g/mol. The average molecular weight is 582 g/mol. The van der Waals surface area contributed by atoms with Crippen LogP contribution in [0.3, 0.4) is 0 Å².